The minimum Gasteiger partial charge on any atom is -0.453 e. The molecule has 1 aromatic heterocycles. The van der Waals surface area contributed by atoms with Gasteiger partial charge in [0.05, 0.1) is 0 Å². The number of ketones is 1. The van der Waals surface area contributed by atoms with Gasteiger partial charge in [0.15, 0.2) is 5.76 Å². The van der Waals surface area contributed by atoms with Crippen molar-refractivity contribution in [2.75, 3.05) is 0 Å². The van der Waals surface area contributed by atoms with E-state index in [9.17, 15) is 4.79 Å². The number of carbonyl (C=O) groups is 1. The van der Waals surface area contributed by atoms with Crippen molar-refractivity contribution in [2.45, 2.75) is 13.8 Å². The zero-order valence-corrected chi connectivity index (χ0v) is 12.1. The van der Waals surface area contributed by atoms with Crippen LogP contribution in [0.2, 0.25) is 0 Å². The van der Waals surface area contributed by atoms with E-state index in [4.69, 9.17) is 4.42 Å². The van der Waals surface area contributed by atoms with Crippen LogP contribution in [0.5, 0.6) is 0 Å². The molecule has 0 saturated heterocycles. The molecule has 0 aliphatic carbocycles. The Labute approximate surface area is 123 Å². The van der Waals surface area contributed by atoms with Crippen LogP contribution in [-0.2, 0) is 0 Å². The van der Waals surface area contributed by atoms with E-state index in [0.717, 1.165) is 22.1 Å². The molecule has 0 aliphatic rings. The van der Waals surface area contributed by atoms with Crippen LogP contribution in [-0.4, -0.2) is 5.78 Å². The highest BCUT2D eigenvalue weighted by Gasteiger charge is 2.09. The Morgan fingerprint density at radius 1 is 1.05 bits per heavy atom. The molecule has 2 heteroatoms. The van der Waals surface area contributed by atoms with Crippen molar-refractivity contribution in [1.29, 1.82) is 0 Å². The lowest BCUT2D eigenvalue weighted by Crippen LogP contribution is -1.91. The molecule has 1 heterocycles. The highest BCUT2D eigenvalue weighted by atomic mass is 16.3. The molecule has 0 atom stereocenters. The molecule has 0 N–H and O–H groups in total. The maximum Gasteiger partial charge on any atom is 0.221 e. The average Bonchev–Trinajstić information content (AvgIpc) is 2.92. The van der Waals surface area contributed by atoms with Gasteiger partial charge in [0, 0.05) is 5.39 Å². The first kappa shape index (κ1) is 13.4. The molecular weight excluding hydrogens is 260 g/mol. The summed E-state index contributed by atoms with van der Waals surface area (Å²) in [5, 5.41) is 0.945. The smallest absolute Gasteiger partial charge is 0.221 e. The summed E-state index contributed by atoms with van der Waals surface area (Å²) in [6.45, 7) is 4.07. The number of allylic oxidation sites excluding steroid dienone is 1. The van der Waals surface area contributed by atoms with Crippen LogP contribution < -0.4 is 0 Å². The summed E-state index contributed by atoms with van der Waals surface area (Å²) >= 11 is 0. The lowest BCUT2D eigenvalue weighted by atomic mass is 10.0. The van der Waals surface area contributed by atoms with Gasteiger partial charge in [0.25, 0.3) is 0 Å². The van der Waals surface area contributed by atoms with Crippen molar-refractivity contribution < 1.29 is 9.21 Å². The normalized spacial score (nSPS) is 11.3. The number of rotatable bonds is 3. The fraction of sp³-hybridized carbons (Fsp3) is 0.105. The van der Waals surface area contributed by atoms with Gasteiger partial charge in [-0.25, -0.2) is 0 Å². The first-order valence-electron chi connectivity index (χ1n) is 6.92. The van der Waals surface area contributed by atoms with Crippen molar-refractivity contribution in [3.05, 3.63) is 77.1 Å². The molecule has 0 saturated carbocycles. The van der Waals surface area contributed by atoms with Crippen molar-refractivity contribution in [2.24, 2.45) is 0 Å². The number of furan rings is 1. The summed E-state index contributed by atoms with van der Waals surface area (Å²) in [5.41, 5.74) is 4.12. The van der Waals surface area contributed by atoms with Gasteiger partial charge in [-0.2, -0.15) is 0 Å². The van der Waals surface area contributed by atoms with Crippen LogP contribution in [0.1, 0.15) is 27.2 Å². The third kappa shape index (κ3) is 2.79. The molecule has 0 aliphatic heterocycles. The third-order valence-corrected chi connectivity index (χ3v) is 3.52. The molecule has 0 amide bonds. The van der Waals surface area contributed by atoms with Crippen LogP contribution in [0.15, 0.2) is 59.0 Å². The second-order valence-electron chi connectivity index (χ2n) is 5.21. The number of para-hydroxylation sites is 1. The van der Waals surface area contributed by atoms with Crippen LogP contribution in [0.3, 0.4) is 0 Å². The van der Waals surface area contributed by atoms with Gasteiger partial charge in [-0.1, -0.05) is 48.0 Å². The molecule has 0 spiro atoms. The van der Waals surface area contributed by atoms with E-state index in [1.807, 2.05) is 44.2 Å². The minimum atomic E-state index is -0.118. The highest BCUT2D eigenvalue weighted by Crippen LogP contribution is 2.20. The summed E-state index contributed by atoms with van der Waals surface area (Å²) < 4.78 is 5.57. The van der Waals surface area contributed by atoms with Gasteiger partial charge in [-0.05, 0) is 43.2 Å². The Hall–Kier alpha value is -2.61. The number of hydrogen-bond donors (Lipinski definition) is 0. The number of hydrogen-bond acceptors (Lipinski definition) is 2. The van der Waals surface area contributed by atoms with E-state index in [-0.39, 0.29) is 5.78 Å². The summed E-state index contributed by atoms with van der Waals surface area (Å²) in [4.78, 5) is 12.2. The maximum atomic E-state index is 12.2. The molecule has 0 unspecified atom stereocenters. The van der Waals surface area contributed by atoms with Crippen molar-refractivity contribution in [3.8, 4) is 0 Å². The van der Waals surface area contributed by atoms with Crippen LogP contribution in [0, 0.1) is 13.8 Å². The number of benzene rings is 2. The van der Waals surface area contributed by atoms with Gasteiger partial charge < -0.3 is 4.42 Å². The largest absolute Gasteiger partial charge is 0.453 e. The molecule has 0 bridgehead atoms. The molecule has 2 aromatic carbocycles. The summed E-state index contributed by atoms with van der Waals surface area (Å²) in [6, 6.07) is 15.6. The second-order valence-corrected chi connectivity index (χ2v) is 5.21. The van der Waals surface area contributed by atoms with Gasteiger partial charge in [-0.3, -0.25) is 4.79 Å². The number of aryl methyl sites for hydroxylation is 2. The summed E-state index contributed by atoms with van der Waals surface area (Å²) in [6.07, 6.45) is 3.41. The fourth-order valence-electron chi connectivity index (χ4n) is 2.29. The van der Waals surface area contributed by atoms with E-state index < -0.39 is 0 Å². The quantitative estimate of drug-likeness (QED) is 0.500. The second kappa shape index (κ2) is 5.41. The maximum absolute atomic E-state index is 12.2. The Morgan fingerprint density at radius 3 is 2.67 bits per heavy atom. The van der Waals surface area contributed by atoms with Gasteiger partial charge in [0.2, 0.25) is 5.78 Å². The highest BCUT2D eigenvalue weighted by molar-refractivity contribution is 6.07. The van der Waals surface area contributed by atoms with Crippen molar-refractivity contribution in [1.82, 2.24) is 0 Å². The molecular formula is C19H16O2. The lowest BCUT2D eigenvalue weighted by molar-refractivity contribution is 0.102. The first-order chi connectivity index (χ1) is 10.1. The van der Waals surface area contributed by atoms with Gasteiger partial charge in [0.1, 0.15) is 5.58 Å². The van der Waals surface area contributed by atoms with E-state index in [1.165, 1.54) is 5.56 Å². The molecule has 0 radical (unpaired) electrons. The zero-order chi connectivity index (χ0) is 14.8. The van der Waals surface area contributed by atoms with Crippen molar-refractivity contribution in [3.63, 3.8) is 0 Å². The molecule has 2 nitrogen and oxygen atoms in total. The Morgan fingerprint density at radius 2 is 1.86 bits per heavy atom. The summed E-state index contributed by atoms with van der Waals surface area (Å²) in [7, 11) is 0. The van der Waals surface area contributed by atoms with E-state index >= 15 is 0 Å². The molecule has 3 aromatic rings. The third-order valence-electron chi connectivity index (χ3n) is 3.52. The van der Waals surface area contributed by atoms with E-state index in [0.29, 0.717) is 5.76 Å². The lowest BCUT2D eigenvalue weighted by Gasteiger charge is -2.01. The van der Waals surface area contributed by atoms with Crippen LogP contribution in [0.25, 0.3) is 17.0 Å². The molecule has 21 heavy (non-hydrogen) atoms. The first-order valence-corrected chi connectivity index (χ1v) is 6.92. The topological polar surface area (TPSA) is 30.2 Å². The Kier molecular flexibility index (Phi) is 3.44. The standard InChI is InChI=1S/C19H16O2/c1-13-7-8-14(2)15(11-13)9-10-17(20)19-12-16-5-3-4-6-18(16)21-19/h3-12H,1-2H3. The SMILES string of the molecule is Cc1ccc(C)c(C=CC(=O)c2cc3ccccc3o2)c1. The number of fused-ring (bicyclic) bond motifs is 1. The minimum absolute atomic E-state index is 0.118. The Balaban J connectivity index is 1.88. The van der Waals surface area contributed by atoms with Gasteiger partial charge in [-0.15, -0.1) is 0 Å². The molecule has 0 fully saturated rings. The van der Waals surface area contributed by atoms with E-state index in [1.54, 1.807) is 12.1 Å². The monoisotopic (exact) mass is 276 g/mol. The number of carbonyl (C=O) groups excluding carboxylic acids is 1. The van der Waals surface area contributed by atoms with E-state index in [2.05, 4.69) is 18.2 Å². The van der Waals surface area contributed by atoms with Gasteiger partial charge >= 0.3 is 0 Å². The van der Waals surface area contributed by atoms with Crippen molar-refractivity contribution >= 4 is 22.8 Å². The predicted octanol–water partition coefficient (Wildman–Crippen LogP) is 4.95. The van der Waals surface area contributed by atoms with Crippen LogP contribution >= 0.6 is 0 Å². The molecule has 104 valence electrons. The average molecular weight is 276 g/mol. The van der Waals surface area contributed by atoms with Crippen LogP contribution in [0.4, 0.5) is 0 Å². The fourth-order valence-corrected chi connectivity index (χ4v) is 2.29. The molecule has 3 rings (SSSR count). The Bertz CT molecular complexity index is 805. The zero-order valence-electron chi connectivity index (χ0n) is 12.1. The summed E-state index contributed by atoms with van der Waals surface area (Å²) in [5.74, 6) is 0.255. The predicted molar refractivity (Wildman–Crippen MR) is 85.5 cm³/mol.